The Hall–Kier alpha value is -2.52. The molecule has 0 saturated carbocycles. The molecule has 0 amide bonds. The van der Waals surface area contributed by atoms with Crippen molar-refractivity contribution in [2.24, 2.45) is 0 Å². The van der Waals surface area contributed by atoms with Crippen molar-refractivity contribution in [2.45, 2.75) is 46.0 Å². The Balaban J connectivity index is 1.69. The highest BCUT2D eigenvalue weighted by atomic mass is 32.1. The predicted octanol–water partition coefficient (Wildman–Crippen LogP) is 8.55. The highest BCUT2D eigenvalue weighted by Crippen LogP contribution is 2.32. The minimum Gasteiger partial charge on any atom is -0.441 e. The zero-order valence-electron chi connectivity index (χ0n) is 16.9. The Kier molecular flexibility index (Phi) is 5.77. The second kappa shape index (κ2) is 8.46. The normalized spacial score (nSPS) is 11.4. The fourth-order valence-electron chi connectivity index (χ4n) is 3.86. The zero-order chi connectivity index (χ0) is 20.4. The van der Waals surface area contributed by atoms with E-state index in [0.717, 1.165) is 33.7 Å². The van der Waals surface area contributed by atoms with Crippen molar-refractivity contribution in [3.63, 3.8) is 0 Å². The van der Waals surface area contributed by atoms with Crippen LogP contribution in [0.1, 0.15) is 43.7 Å². The van der Waals surface area contributed by atoms with Gasteiger partial charge in [-0.3, -0.25) is 0 Å². The Bertz CT molecular complexity index is 1220. The van der Waals surface area contributed by atoms with Gasteiger partial charge in [-0.25, -0.2) is 4.39 Å². The van der Waals surface area contributed by atoms with E-state index < -0.39 is 0 Å². The fraction of sp³-hybridized carbons (Fsp3) is 0.269. The summed E-state index contributed by atoms with van der Waals surface area (Å²) in [7, 11) is 0. The molecule has 0 aliphatic heterocycles. The molecular weight excluding hydrogens is 379 g/mol. The van der Waals surface area contributed by atoms with Crippen molar-refractivity contribution < 1.29 is 8.81 Å². The van der Waals surface area contributed by atoms with E-state index in [1.54, 1.807) is 13.0 Å². The summed E-state index contributed by atoms with van der Waals surface area (Å²) in [6.45, 7) is 3.97. The number of fused-ring (bicyclic) bond motifs is 3. The standard InChI is InChI=1S/C26H25FOS/c1-3-4-5-6-7-18-9-11-19(12-10-18)20-13-15-21-22-14-8-17(2)24(27)25(22)28-26(29)23(21)16-20/h8-16H,3-7H2,1-2H3. The van der Waals surface area contributed by atoms with Crippen LogP contribution in [0.5, 0.6) is 0 Å². The second-order valence-electron chi connectivity index (χ2n) is 7.73. The van der Waals surface area contributed by atoms with Crippen LogP contribution in [0.3, 0.4) is 0 Å². The molecule has 0 aliphatic rings. The molecule has 0 unspecified atom stereocenters. The number of unbranched alkanes of at least 4 members (excludes halogenated alkanes) is 3. The Morgan fingerprint density at radius 2 is 1.55 bits per heavy atom. The van der Waals surface area contributed by atoms with Gasteiger partial charge < -0.3 is 4.42 Å². The number of rotatable bonds is 6. The molecular formula is C26H25FOS. The molecule has 29 heavy (non-hydrogen) atoms. The summed E-state index contributed by atoms with van der Waals surface area (Å²) in [5.41, 5.74) is 4.41. The van der Waals surface area contributed by atoms with Crippen LogP contribution in [-0.2, 0) is 6.42 Å². The lowest BCUT2D eigenvalue weighted by atomic mass is 9.98. The molecule has 4 rings (SSSR count). The summed E-state index contributed by atoms with van der Waals surface area (Å²) in [5, 5.41) is 2.52. The number of aryl methyl sites for hydroxylation is 2. The van der Waals surface area contributed by atoms with Crippen molar-refractivity contribution in [1.29, 1.82) is 0 Å². The first-order chi connectivity index (χ1) is 14.1. The lowest BCUT2D eigenvalue weighted by Gasteiger charge is -2.09. The van der Waals surface area contributed by atoms with Gasteiger partial charge in [-0.05, 0) is 65.7 Å². The summed E-state index contributed by atoms with van der Waals surface area (Å²) < 4.78 is 20.5. The fourth-order valence-corrected chi connectivity index (χ4v) is 4.11. The molecule has 148 valence electrons. The molecule has 0 atom stereocenters. The number of hydrogen-bond donors (Lipinski definition) is 0. The summed E-state index contributed by atoms with van der Waals surface area (Å²) in [6.07, 6.45) is 6.24. The van der Waals surface area contributed by atoms with E-state index in [1.807, 2.05) is 12.1 Å². The predicted molar refractivity (Wildman–Crippen MR) is 123 cm³/mol. The molecule has 1 heterocycles. The third-order valence-electron chi connectivity index (χ3n) is 5.62. The van der Waals surface area contributed by atoms with Gasteiger partial charge in [0.1, 0.15) is 0 Å². The molecule has 4 aromatic rings. The average molecular weight is 405 g/mol. The SMILES string of the molecule is CCCCCCc1ccc(-c2ccc3c(c2)c(=S)oc2c(F)c(C)ccc23)cc1. The van der Waals surface area contributed by atoms with Crippen LogP contribution in [0, 0.1) is 17.4 Å². The van der Waals surface area contributed by atoms with Crippen LogP contribution in [0.2, 0.25) is 0 Å². The summed E-state index contributed by atoms with van der Waals surface area (Å²) in [4.78, 5) is 0. The van der Waals surface area contributed by atoms with Gasteiger partial charge in [0, 0.05) is 10.8 Å². The molecule has 0 spiro atoms. The minimum atomic E-state index is -0.339. The van der Waals surface area contributed by atoms with Crippen LogP contribution in [0.4, 0.5) is 4.39 Å². The highest BCUT2D eigenvalue weighted by molar-refractivity contribution is 7.71. The van der Waals surface area contributed by atoms with Gasteiger partial charge in [-0.1, -0.05) is 74.7 Å². The number of benzene rings is 3. The molecule has 0 bridgehead atoms. The summed E-state index contributed by atoms with van der Waals surface area (Å²) in [5.74, 6) is -0.339. The maximum Gasteiger partial charge on any atom is 0.198 e. The number of hydrogen-bond acceptors (Lipinski definition) is 2. The van der Waals surface area contributed by atoms with Gasteiger partial charge in [0.25, 0.3) is 0 Å². The van der Waals surface area contributed by atoms with Crippen molar-refractivity contribution in [1.82, 2.24) is 0 Å². The van der Waals surface area contributed by atoms with E-state index in [0.29, 0.717) is 10.3 Å². The lowest BCUT2D eigenvalue weighted by molar-refractivity contribution is 0.542. The largest absolute Gasteiger partial charge is 0.441 e. The van der Waals surface area contributed by atoms with Crippen molar-refractivity contribution in [3.05, 3.63) is 76.2 Å². The monoisotopic (exact) mass is 404 g/mol. The Morgan fingerprint density at radius 3 is 2.31 bits per heavy atom. The van der Waals surface area contributed by atoms with Crippen LogP contribution in [0.15, 0.2) is 59.0 Å². The minimum absolute atomic E-state index is 0.239. The van der Waals surface area contributed by atoms with E-state index >= 15 is 0 Å². The second-order valence-corrected chi connectivity index (χ2v) is 8.10. The first kappa shape index (κ1) is 19.8. The molecule has 3 aromatic carbocycles. The van der Waals surface area contributed by atoms with Gasteiger partial charge in [0.05, 0.1) is 0 Å². The van der Waals surface area contributed by atoms with Crippen LogP contribution in [0.25, 0.3) is 32.9 Å². The first-order valence-electron chi connectivity index (χ1n) is 10.3. The van der Waals surface area contributed by atoms with E-state index in [4.69, 9.17) is 16.6 Å². The average Bonchev–Trinajstić information content (AvgIpc) is 2.75. The van der Waals surface area contributed by atoms with E-state index in [9.17, 15) is 4.39 Å². The van der Waals surface area contributed by atoms with Crippen molar-refractivity contribution in [2.75, 3.05) is 0 Å². The third-order valence-corrected chi connectivity index (χ3v) is 5.92. The molecule has 0 saturated heterocycles. The molecule has 0 radical (unpaired) electrons. The third kappa shape index (κ3) is 3.97. The first-order valence-corrected chi connectivity index (χ1v) is 10.7. The summed E-state index contributed by atoms with van der Waals surface area (Å²) >= 11 is 5.45. The zero-order valence-corrected chi connectivity index (χ0v) is 17.7. The summed E-state index contributed by atoms with van der Waals surface area (Å²) in [6, 6.07) is 18.6. The van der Waals surface area contributed by atoms with Crippen LogP contribution >= 0.6 is 12.2 Å². The molecule has 0 N–H and O–H groups in total. The molecule has 3 heteroatoms. The van der Waals surface area contributed by atoms with Gasteiger partial charge in [0.15, 0.2) is 16.1 Å². The van der Waals surface area contributed by atoms with Crippen molar-refractivity contribution in [3.8, 4) is 11.1 Å². The Morgan fingerprint density at radius 1 is 0.828 bits per heavy atom. The van der Waals surface area contributed by atoms with E-state index in [-0.39, 0.29) is 11.4 Å². The van der Waals surface area contributed by atoms with Gasteiger partial charge >= 0.3 is 0 Å². The molecule has 0 aliphatic carbocycles. The van der Waals surface area contributed by atoms with E-state index in [1.165, 1.54) is 31.2 Å². The number of halogens is 1. The van der Waals surface area contributed by atoms with Gasteiger partial charge in [-0.2, -0.15) is 0 Å². The maximum atomic E-state index is 14.5. The van der Waals surface area contributed by atoms with Gasteiger partial charge in [-0.15, -0.1) is 0 Å². The molecule has 1 nitrogen and oxygen atoms in total. The van der Waals surface area contributed by atoms with Crippen LogP contribution < -0.4 is 0 Å². The van der Waals surface area contributed by atoms with Crippen molar-refractivity contribution >= 4 is 34.0 Å². The van der Waals surface area contributed by atoms with Gasteiger partial charge in [0.2, 0.25) is 0 Å². The topological polar surface area (TPSA) is 13.1 Å². The highest BCUT2D eigenvalue weighted by Gasteiger charge is 2.12. The lowest BCUT2D eigenvalue weighted by Crippen LogP contribution is -1.89. The van der Waals surface area contributed by atoms with Crippen LogP contribution in [-0.4, -0.2) is 0 Å². The molecule has 0 fully saturated rings. The molecule has 1 aromatic heterocycles. The smallest absolute Gasteiger partial charge is 0.198 e. The van der Waals surface area contributed by atoms with E-state index in [2.05, 4.69) is 43.3 Å². The quantitative estimate of drug-likeness (QED) is 0.181. The maximum absolute atomic E-state index is 14.5. The Labute approximate surface area is 176 Å².